The van der Waals surface area contributed by atoms with E-state index in [1.165, 1.54) is 38.3 Å². The smallest absolute Gasteiger partial charge is 0.234 e. The topological polar surface area (TPSA) is 61.0 Å². The Bertz CT molecular complexity index is 310. The van der Waals surface area contributed by atoms with E-state index in [1.54, 1.807) is 6.20 Å². The van der Waals surface area contributed by atoms with Gasteiger partial charge in [0, 0.05) is 0 Å². The average molecular weight is 207 g/mol. The number of ether oxygens (including phenoxy) is 1. The lowest BCUT2D eigenvalue weighted by Gasteiger charge is -2.21. The first-order chi connectivity index (χ1) is 7.34. The van der Waals surface area contributed by atoms with Crippen LogP contribution in [0.15, 0.2) is 12.4 Å². The van der Waals surface area contributed by atoms with Crippen molar-refractivity contribution < 1.29 is 4.74 Å². The first kappa shape index (κ1) is 10.2. The van der Waals surface area contributed by atoms with Gasteiger partial charge in [0.15, 0.2) is 0 Å². The van der Waals surface area contributed by atoms with Crippen LogP contribution in [-0.2, 0) is 0 Å². The van der Waals surface area contributed by atoms with Crippen molar-refractivity contribution in [2.45, 2.75) is 32.1 Å². The third-order valence-electron chi connectivity index (χ3n) is 2.82. The summed E-state index contributed by atoms with van der Waals surface area (Å²) in [7, 11) is 0. The third kappa shape index (κ3) is 3.08. The molecule has 1 aromatic heterocycles. The number of nitrogens with zero attached hydrogens (tertiary/aromatic N) is 2. The lowest BCUT2D eigenvalue weighted by molar-refractivity contribution is 0.202. The Hall–Kier alpha value is -1.32. The van der Waals surface area contributed by atoms with E-state index in [0.717, 1.165) is 6.61 Å². The molecular weight excluding hydrogens is 190 g/mol. The number of aromatic nitrogens is 2. The van der Waals surface area contributed by atoms with Crippen molar-refractivity contribution in [3.63, 3.8) is 0 Å². The van der Waals surface area contributed by atoms with Crippen molar-refractivity contribution in [1.29, 1.82) is 0 Å². The molecule has 15 heavy (non-hydrogen) atoms. The Labute approximate surface area is 89.9 Å². The maximum atomic E-state index is 5.57. The maximum absolute atomic E-state index is 5.57. The van der Waals surface area contributed by atoms with Crippen molar-refractivity contribution in [2.75, 3.05) is 12.3 Å². The quantitative estimate of drug-likeness (QED) is 0.823. The summed E-state index contributed by atoms with van der Waals surface area (Å²) in [5, 5.41) is 0. The predicted octanol–water partition coefficient (Wildman–Crippen LogP) is 2.02. The molecule has 0 spiro atoms. The molecule has 0 atom stereocenters. The van der Waals surface area contributed by atoms with Crippen LogP contribution in [0.2, 0.25) is 0 Å². The van der Waals surface area contributed by atoms with Gasteiger partial charge < -0.3 is 10.5 Å². The second-order valence-electron chi connectivity index (χ2n) is 4.10. The van der Waals surface area contributed by atoms with Gasteiger partial charge in [-0.1, -0.05) is 19.3 Å². The molecule has 4 nitrogen and oxygen atoms in total. The standard InChI is InChI=1S/C11H17N3O/c12-10-6-13-7-11(14-10)15-8-9-4-2-1-3-5-9/h6-7,9H,1-5,8H2,(H2,12,14). The van der Waals surface area contributed by atoms with Crippen molar-refractivity contribution in [3.05, 3.63) is 12.4 Å². The van der Waals surface area contributed by atoms with Crippen LogP contribution in [0.25, 0.3) is 0 Å². The molecule has 0 bridgehead atoms. The molecule has 82 valence electrons. The second-order valence-corrected chi connectivity index (χ2v) is 4.10. The molecule has 1 heterocycles. The summed E-state index contributed by atoms with van der Waals surface area (Å²) in [5.74, 6) is 1.64. The van der Waals surface area contributed by atoms with Crippen molar-refractivity contribution in [3.8, 4) is 5.88 Å². The van der Waals surface area contributed by atoms with Crippen molar-refractivity contribution in [2.24, 2.45) is 5.92 Å². The number of nitrogen functional groups attached to an aromatic ring is 1. The largest absolute Gasteiger partial charge is 0.476 e. The zero-order chi connectivity index (χ0) is 10.5. The monoisotopic (exact) mass is 207 g/mol. The molecule has 0 saturated heterocycles. The normalized spacial score (nSPS) is 17.6. The Morgan fingerprint density at radius 3 is 2.80 bits per heavy atom. The summed E-state index contributed by atoms with van der Waals surface area (Å²) in [6, 6.07) is 0. The number of hydrogen-bond donors (Lipinski definition) is 1. The molecule has 0 unspecified atom stereocenters. The SMILES string of the molecule is Nc1cncc(OCC2CCCCC2)n1. The van der Waals surface area contributed by atoms with Crippen LogP contribution in [0.4, 0.5) is 5.82 Å². The van der Waals surface area contributed by atoms with E-state index in [9.17, 15) is 0 Å². The molecule has 1 fully saturated rings. The molecule has 0 aliphatic heterocycles. The molecule has 1 aliphatic rings. The van der Waals surface area contributed by atoms with Gasteiger partial charge in [0.25, 0.3) is 0 Å². The van der Waals surface area contributed by atoms with E-state index in [1.807, 2.05) is 0 Å². The van der Waals surface area contributed by atoms with Crippen molar-refractivity contribution in [1.82, 2.24) is 9.97 Å². The molecular formula is C11H17N3O. The molecule has 2 rings (SSSR count). The van der Waals surface area contributed by atoms with Gasteiger partial charge in [-0.3, -0.25) is 4.98 Å². The van der Waals surface area contributed by atoms with E-state index in [4.69, 9.17) is 10.5 Å². The fourth-order valence-corrected chi connectivity index (χ4v) is 1.99. The van der Waals surface area contributed by atoms with Crippen LogP contribution in [-0.4, -0.2) is 16.6 Å². The number of nitrogens with two attached hydrogens (primary N) is 1. The maximum Gasteiger partial charge on any atom is 0.234 e. The fourth-order valence-electron chi connectivity index (χ4n) is 1.99. The Morgan fingerprint density at radius 1 is 1.27 bits per heavy atom. The highest BCUT2D eigenvalue weighted by molar-refractivity contribution is 5.25. The Kier molecular flexibility index (Phi) is 3.37. The molecule has 0 aromatic carbocycles. The highest BCUT2D eigenvalue weighted by Gasteiger charge is 2.14. The van der Waals surface area contributed by atoms with Gasteiger partial charge in [-0.25, -0.2) is 0 Å². The van der Waals surface area contributed by atoms with Crippen LogP contribution < -0.4 is 10.5 Å². The van der Waals surface area contributed by atoms with E-state index in [0.29, 0.717) is 17.6 Å². The highest BCUT2D eigenvalue weighted by atomic mass is 16.5. The van der Waals surface area contributed by atoms with Crippen LogP contribution in [0, 0.1) is 5.92 Å². The zero-order valence-electron chi connectivity index (χ0n) is 8.85. The first-order valence-electron chi connectivity index (χ1n) is 5.55. The van der Waals surface area contributed by atoms with Gasteiger partial charge >= 0.3 is 0 Å². The molecule has 0 amide bonds. The van der Waals surface area contributed by atoms with Gasteiger partial charge in [0.1, 0.15) is 5.82 Å². The van der Waals surface area contributed by atoms with Crippen LogP contribution in [0.5, 0.6) is 5.88 Å². The lowest BCUT2D eigenvalue weighted by Crippen LogP contribution is -2.15. The summed E-state index contributed by atoms with van der Waals surface area (Å²) >= 11 is 0. The highest BCUT2D eigenvalue weighted by Crippen LogP contribution is 2.24. The summed E-state index contributed by atoms with van der Waals surface area (Å²) in [6.07, 6.45) is 9.71. The molecule has 4 heteroatoms. The third-order valence-corrected chi connectivity index (χ3v) is 2.82. The average Bonchev–Trinajstić information content (AvgIpc) is 2.28. The lowest BCUT2D eigenvalue weighted by atomic mass is 9.90. The Morgan fingerprint density at radius 2 is 2.07 bits per heavy atom. The first-order valence-corrected chi connectivity index (χ1v) is 5.55. The summed E-state index contributed by atoms with van der Waals surface area (Å²) < 4.78 is 5.57. The summed E-state index contributed by atoms with van der Waals surface area (Å²) in [5.41, 5.74) is 5.51. The van der Waals surface area contributed by atoms with E-state index in [2.05, 4.69) is 9.97 Å². The van der Waals surface area contributed by atoms with E-state index >= 15 is 0 Å². The van der Waals surface area contributed by atoms with Crippen LogP contribution >= 0.6 is 0 Å². The number of hydrogen-bond acceptors (Lipinski definition) is 4. The van der Waals surface area contributed by atoms with Gasteiger partial charge in [-0.2, -0.15) is 4.98 Å². The van der Waals surface area contributed by atoms with Gasteiger partial charge in [0.05, 0.1) is 19.0 Å². The number of rotatable bonds is 3. The summed E-state index contributed by atoms with van der Waals surface area (Å²) in [4.78, 5) is 7.99. The minimum absolute atomic E-state index is 0.413. The van der Waals surface area contributed by atoms with Gasteiger partial charge in [0.2, 0.25) is 5.88 Å². The molecule has 0 radical (unpaired) electrons. The molecule has 1 aliphatic carbocycles. The van der Waals surface area contributed by atoms with Crippen molar-refractivity contribution >= 4 is 5.82 Å². The predicted molar refractivity (Wildman–Crippen MR) is 58.5 cm³/mol. The second kappa shape index (κ2) is 4.96. The Balaban J connectivity index is 1.81. The molecule has 1 aromatic rings. The summed E-state index contributed by atoms with van der Waals surface area (Å²) in [6.45, 7) is 0.748. The van der Waals surface area contributed by atoms with Gasteiger partial charge in [-0.15, -0.1) is 0 Å². The minimum Gasteiger partial charge on any atom is -0.476 e. The van der Waals surface area contributed by atoms with E-state index < -0.39 is 0 Å². The van der Waals surface area contributed by atoms with Crippen LogP contribution in [0.1, 0.15) is 32.1 Å². The van der Waals surface area contributed by atoms with E-state index in [-0.39, 0.29) is 0 Å². The molecule has 2 N–H and O–H groups in total. The fraction of sp³-hybridized carbons (Fsp3) is 0.636. The number of anilines is 1. The minimum atomic E-state index is 0.413. The van der Waals surface area contributed by atoms with Gasteiger partial charge in [-0.05, 0) is 18.8 Å². The molecule has 1 saturated carbocycles. The van der Waals surface area contributed by atoms with Crippen LogP contribution in [0.3, 0.4) is 0 Å². The zero-order valence-corrected chi connectivity index (χ0v) is 8.85.